The van der Waals surface area contributed by atoms with Gasteiger partial charge in [0, 0.05) is 12.8 Å². The summed E-state index contributed by atoms with van der Waals surface area (Å²) >= 11 is 0. The van der Waals surface area contributed by atoms with E-state index >= 15 is 0 Å². The fourth-order valence-electron chi connectivity index (χ4n) is 6.16. The number of rotatable bonds is 33. The van der Waals surface area contributed by atoms with Gasteiger partial charge < -0.3 is 5.11 Å². The molecule has 0 aromatic heterocycles. The molecule has 0 aliphatic heterocycles. The van der Waals surface area contributed by atoms with Gasteiger partial charge in [-0.25, -0.2) is 0 Å². The number of ketones is 2. The van der Waals surface area contributed by atoms with E-state index in [0.717, 1.165) is 38.5 Å². The Morgan fingerprint density at radius 1 is 0.488 bits per heavy atom. The third kappa shape index (κ3) is 22.5. The van der Waals surface area contributed by atoms with Gasteiger partial charge >= 0.3 is 0 Å². The molecule has 1 atom stereocenters. The summed E-state index contributed by atoms with van der Waals surface area (Å²) in [6.07, 6.45) is 34.1. The predicted molar refractivity (Wildman–Crippen MR) is 178 cm³/mol. The SMILES string of the molecule is CCCCCCCCCCCCCCCC(=O)C(C(=O)CCCCCCCCCCCCCCC)C(O)(CC)NC. The molecular formula is C37H73NO3. The summed E-state index contributed by atoms with van der Waals surface area (Å²) in [5, 5.41) is 14.0. The molecule has 0 bridgehead atoms. The van der Waals surface area contributed by atoms with E-state index in [1.165, 1.54) is 128 Å². The Morgan fingerprint density at radius 3 is 0.951 bits per heavy atom. The van der Waals surface area contributed by atoms with Crippen molar-refractivity contribution in [3.8, 4) is 0 Å². The van der Waals surface area contributed by atoms with Crippen LogP contribution in [0.4, 0.5) is 0 Å². The van der Waals surface area contributed by atoms with Crippen molar-refractivity contribution in [1.82, 2.24) is 5.32 Å². The summed E-state index contributed by atoms with van der Waals surface area (Å²) in [6.45, 7) is 6.38. The molecule has 0 saturated carbocycles. The van der Waals surface area contributed by atoms with E-state index < -0.39 is 11.6 Å². The van der Waals surface area contributed by atoms with Gasteiger partial charge in [-0.1, -0.05) is 175 Å². The number of Topliss-reactive ketones (excluding diaryl/α,β-unsaturated/α-hetero) is 2. The van der Waals surface area contributed by atoms with Crippen LogP contribution < -0.4 is 5.32 Å². The Labute approximate surface area is 257 Å². The second-order valence-electron chi connectivity index (χ2n) is 12.9. The minimum absolute atomic E-state index is 0.0773. The Hall–Kier alpha value is -0.740. The van der Waals surface area contributed by atoms with Crippen LogP contribution in [0, 0.1) is 5.92 Å². The first-order chi connectivity index (χ1) is 20.0. The van der Waals surface area contributed by atoms with Crippen molar-refractivity contribution < 1.29 is 14.7 Å². The van der Waals surface area contributed by atoms with Crippen molar-refractivity contribution in [2.45, 2.75) is 213 Å². The molecule has 0 fully saturated rings. The molecule has 0 spiro atoms. The van der Waals surface area contributed by atoms with E-state index in [4.69, 9.17) is 0 Å². The van der Waals surface area contributed by atoms with Crippen LogP contribution in [0.15, 0.2) is 0 Å². The minimum Gasteiger partial charge on any atom is -0.375 e. The highest BCUT2D eigenvalue weighted by atomic mass is 16.3. The number of hydrogen-bond donors (Lipinski definition) is 2. The molecule has 0 aliphatic rings. The van der Waals surface area contributed by atoms with Gasteiger partial charge in [-0.05, 0) is 26.3 Å². The van der Waals surface area contributed by atoms with Crippen molar-refractivity contribution in [2.75, 3.05) is 7.05 Å². The molecule has 0 saturated heterocycles. The Balaban J connectivity index is 4.10. The highest BCUT2D eigenvalue weighted by molar-refractivity contribution is 6.03. The van der Waals surface area contributed by atoms with Gasteiger partial charge in [0.05, 0.1) is 0 Å². The lowest BCUT2D eigenvalue weighted by Crippen LogP contribution is -2.55. The summed E-state index contributed by atoms with van der Waals surface area (Å²) in [4.78, 5) is 26.3. The number of carbonyl (C=O) groups excluding carboxylic acids is 2. The van der Waals surface area contributed by atoms with Gasteiger partial charge in [0.25, 0.3) is 0 Å². The molecule has 0 amide bonds. The highest BCUT2D eigenvalue weighted by Crippen LogP contribution is 2.26. The first-order valence-corrected chi connectivity index (χ1v) is 18.4. The number of aliphatic hydroxyl groups is 1. The molecule has 0 aromatic carbocycles. The largest absolute Gasteiger partial charge is 0.375 e. The average Bonchev–Trinajstić information content (AvgIpc) is 2.97. The van der Waals surface area contributed by atoms with Gasteiger partial charge in [-0.2, -0.15) is 0 Å². The third-order valence-corrected chi connectivity index (χ3v) is 9.15. The molecule has 41 heavy (non-hydrogen) atoms. The summed E-state index contributed by atoms with van der Waals surface area (Å²) < 4.78 is 0. The van der Waals surface area contributed by atoms with Crippen LogP contribution in [0.25, 0.3) is 0 Å². The third-order valence-electron chi connectivity index (χ3n) is 9.15. The summed E-state index contributed by atoms with van der Waals surface area (Å²) in [5.41, 5.74) is -1.43. The zero-order chi connectivity index (χ0) is 30.4. The molecule has 2 N–H and O–H groups in total. The quantitative estimate of drug-likeness (QED) is 0.0461. The zero-order valence-corrected chi connectivity index (χ0v) is 28.3. The van der Waals surface area contributed by atoms with Gasteiger partial charge in [0.2, 0.25) is 0 Å². The lowest BCUT2D eigenvalue weighted by Gasteiger charge is -2.33. The molecule has 4 heteroatoms. The van der Waals surface area contributed by atoms with Crippen molar-refractivity contribution in [2.24, 2.45) is 5.92 Å². The maximum Gasteiger partial charge on any atom is 0.147 e. The maximum atomic E-state index is 13.2. The Bertz CT molecular complexity index is 545. The van der Waals surface area contributed by atoms with Crippen LogP contribution in [-0.2, 0) is 9.59 Å². The van der Waals surface area contributed by atoms with E-state index in [-0.39, 0.29) is 11.6 Å². The Kier molecular flexibility index (Phi) is 28.8. The van der Waals surface area contributed by atoms with Crippen molar-refractivity contribution in [1.29, 1.82) is 0 Å². The molecule has 0 radical (unpaired) electrons. The van der Waals surface area contributed by atoms with Crippen LogP contribution >= 0.6 is 0 Å². The van der Waals surface area contributed by atoms with Crippen LogP contribution in [0.3, 0.4) is 0 Å². The lowest BCUT2D eigenvalue weighted by molar-refractivity contribution is -0.148. The van der Waals surface area contributed by atoms with Crippen LogP contribution in [0.1, 0.15) is 207 Å². The molecule has 4 nitrogen and oxygen atoms in total. The minimum atomic E-state index is -1.43. The van der Waals surface area contributed by atoms with Crippen molar-refractivity contribution in [3.63, 3.8) is 0 Å². The topological polar surface area (TPSA) is 66.4 Å². The number of hydrogen-bond acceptors (Lipinski definition) is 4. The second kappa shape index (κ2) is 29.3. The first kappa shape index (κ1) is 40.3. The van der Waals surface area contributed by atoms with E-state index in [9.17, 15) is 14.7 Å². The van der Waals surface area contributed by atoms with Crippen LogP contribution in [-0.4, -0.2) is 29.4 Å². The predicted octanol–water partition coefficient (Wildman–Crippen LogP) is 11.0. The summed E-state index contributed by atoms with van der Waals surface area (Å²) in [5.74, 6) is -1.09. The number of unbranched alkanes of at least 4 members (excludes halogenated alkanes) is 24. The molecule has 0 aliphatic carbocycles. The van der Waals surface area contributed by atoms with Gasteiger partial charge in [-0.15, -0.1) is 0 Å². The molecule has 244 valence electrons. The van der Waals surface area contributed by atoms with E-state index in [1.54, 1.807) is 7.05 Å². The summed E-state index contributed by atoms with van der Waals surface area (Å²) in [6, 6.07) is 0. The lowest BCUT2D eigenvalue weighted by atomic mass is 9.82. The summed E-state index contributed by atoms with van der Waals surface area (Å²) in [7, 11) is 1.66. The molecule has 0 aromatic rings. The van der Waals surface area contributed by atoms with Crippen LogP contribution in [0.2, 0.25) is 0 Å². The normalized spacial score (nSPS) is 13.1. The fourth-order valence-corrected chi connectivity index (χ4v) is 6.16. The first-order valence-electron chi connectivity index (χ1n) is 18.4. The molecule has 0 rings (SSSR count). The van der Waals surface area contributed by atoms with Gasteiger partial charge in [0.1, 0.15) is 23.2 Å². The van der Waals surface area contributed by atoms with Gasteiger partial charge in [0.15, 0.2) is 0 Å². The molecular weight excluding hydrogens is 506 g/mol. The van der Waals surface area contributed by atoms with E-state index in [2.05, 4.69) is 19.2 Å². The fraction of sp³-hybridized carbons (Fsp3) is 0.946. The highest BCUT2D eigenvalue weighted by Gasteiger charge is 2.42. The molecule has 1 unspecified atom stereocenters. The smallest absolute Gasteiger partial charge is 0.147 e. The van der Waals surface area contributed by atoms with Crippen molar-refractivity contribution >= 4 is 11.6 Å². The van der Waals surface area contributed by atoms with E-state index in [0.29, 0.717) is 19.3 Å². The van der Waals surface area contributed by atoms with E-state index in [1.807, 2.05) is 6.92 Å². The number of carbonyl (C=O) groups is 2. The number of nitrogens with one attached hydrogen (secondary N) is 1. The molecule has 0 heterocycles. The van der Waals surface area contributed by atoms with Gasteiger partial charge in [-0.3, -0.25) is 14.9 Å². The second-order valence-corrected chi connectivity index (χ2v) is 12.9. The average molecular weight is 580 g/mol. The van der Waals surface area contributed by atoms with Crippen molar-refractivity contribution in [3.05, 3.63) is 0 Å². The standard InChI is InChI=1S/C37H73NO3/c1-5-8-10-12-14-16-18-20-22-24-26-28-30-32-34(39)36(37(41,7-3)38-4)35(40)33-31-29-27-25-23-21-19-17-15-13-11-9-6-2/h36,38,41H,5-33H2,1-4H3. The van der Waals surface area contributed by atoms with Crippen LogP contribution in [0.5, 0.6) is 0 Å². The zero-order valence-electron chi connectivity index (χ0n) is 28.3. The monoisotopic (exact) mass is 580 g/mol. The maximum absolute atomic E-state index is 13.2. The Morgan fingerprint density at radius 2 is 0.732 bits per heavy atom.